The summed E-state index contributed by atoms with van der Waals surface area (Å²) in [7, 11) is -0.348. The SMILES string of the molecule is COc1cc2c(cc1OC)C(C)N(S(=O)(=O)c1ccccc1)CC2. The van der Waals surface area contributed by atoms with Gasteiger partial charge in [-0.05, 0) is 48.7 Å². The molecule has 0 N–H and O–H groups in total. The van der Waals surface area contributed by atoms with Gasteiger partial charge in [0.05, 0.1) is 19.1 Å². The Hall–Kier alpha value is -2.05. The zero-order chi connectivity index (χ0) is 17.3. The van der Waals surface area contributed by atoms with Crippen molar-refractivity contribution in [3.63, 3.8) is 0 Å². The standard InChI is InChI=1S/C18H21NO4S/c1-13-16-12-18(23-3)17(22-2)11-14(16)9-10-19(13)24(20,21)15-7-5-4-6-8-15/h4-8,11-13H,9-10H2,1-3H3. The largest absolute Gasteiger partial charge is 0.493 e. The van der Waals surface area contributed by atoms with E-state index in [9.17, 15) is 8.42 Å². The highest BCUT2D eigenvalue weighted by molar-refractivity contribution is 7.89. The normalized spacial score (nSPS) is 18.0. The Labute approximate surface area is 142 Å². The maximum absolute atomic E-state index is 13.0. The van der Waals surface area contributed by atoms with Crippen LogP contribution in [-0.2, 0) is 16.4 Å². The molecule has 0 aliphatic carbocycles. The first-order valence-electron chi connectivity index (χ1n) is 7.80. The molecule has 0 spiro atoms. The lowest BCUT2D eigenvalue weighted by atomic mass is 9.94. The molecule has 0 saturated carbocycles. The van der Waals surface area contributed by atoms with Gasteiger partial charge < -0.3 is 9.47 Å². The molecule has 1 aliphatic heterocycles. The number of benzene rings is 2. The van der Waals surface area contributed by atoms with Crippen LogP contribution >= 0.6 is 0 Å². The Balaban J connectivity index is 2.02. The Bertz CT molecular complexity index is 834. The molecule has 6 heteroatoms. The third-order valence-corrected chi connectivity index (χ3v) is 6.46. The number of sulfonamides is 1. The molecule has 0 radical (unpaired) electrons. The molecule has 1 aliphatic rings. The van der Waals surface area contributed by atoms with Crippen LogP contribution in [0.3, 0.4) is 0 Å². The van der Waals surface area contributed by atoms with Crippen molar-refractivity contribution in [3.05, 3.63) is 53.6 Å². The lowest BCUT2D eigenvalue weighted by Crippen LogP contribution is -2.38. The van der Waals surface area contributed by atoms with Gasteiger partial charge in [-0.15, -0.1) is 0 Å². The van der Waals surface area contributed by atoms with Crippen molar-refractivity contribution >= 4 is 10.0 Å². The van der Waals surface area contributed by atoms with Crippen LogP contribution in [0.4, 0.5) is 0 Å². The lowest BCUT2D eigenvalue weighted by molar-refractivity contribution is 0.319. The van der Waals surface area contributed by atoms with E-state index in [0.29, 0.717) is 29.4 Å². The fourth-order valence-corrected chi connectivity index (χ4v) is 4.81. The van der Waals surface area contributed by atoms with Gasteiger partial charge in [-0.3, -0.25) is 0 Å². The van der Waals surface area contributed by atoms with Gasteiger partial charge in [0.2, 0.25) is 10.0 Å². The second kappa shape index (κ2) is 6.45. The smallest absolute Gasteiger partial charge is 0.243 e. The summed E-state index contributed by atoms with van der Waals surface area (Å²) in [6.45, 7) is 2.35. The highest BCUT2D eigenvalue weighted by Gasteiger charge is 2.34. The molecular formula is C18H21NO4S. The first-order valence-corrected chi connectivity index (χ1v) is 9.24. The molecule has 1 unspecified atom stereocenters. The average molecular weight is 347 g/mol. The monoisotopic (exact) mass is 347 g/mol. The topological polar surface area (TPSA) is 55.8 Å². The minimum absolute atomic E-state index is 0.265. The fourth-order valence-electron chi connectivity index (χ4n) is 3.18. The summed E-state index contributed by atoms with van der Waals surface area (Å²) >= 11 is 0. The Morgan fingerprint density at radius 2 is 1.67 bits per heavy atom. The van der Waals surface area contributed by atoms with Crippen molar-refractivity contribution in [2.45, 2.75) is 24.3 Å². The van der Waals surface area contributed by atoms with Gasteiger partial charge in [0.25, 0.3) is 0 Å². The van der Waals surface area contributed by atoms with Crippen LogP contribution in [0.25, 0.3) is 0 Å². The van der Waals surface area contributed by atoms with E-state index >= 15 is 0 Å². The molecule has 1 atom stereocenters. The van der Waals surface area contributed by atoms with Gasteiger partial charge in [0.15, 0.2) is 11.5 Å². The summed E-state index contributed by atoms with van der Waals surface area (Å²) in [6, 6.07) is 12.1. The average Bonchev–Trinajstić information content (AvgIpc) is 2.61. The molecule has 0 fully saturated rings. The maximum atomic E-state index is 13.0. The highest BCUT2D eigenvalue weighted by Crippen LogP contribution is 2.39. The quantitative estimate of drug-likeness (QED) is 0.853. The predicted molar refractivity (Wildman–Crippen MR) is 92.0 cm³/mol. The van der Waals surface area contributed by atoms with Crippen molar-refractivity contribution in [2.24, 2.45) is 0 Å². The zero-order valence-corrected chi connectivity index (χ0v) is 14.8. The first kappa shape index (κ1) is 16.8. The summed E-state index contributed by atoms with van der Waals surface area (Å²) < 4.78 is 38.2. The van der Waals surface area contributed by atoms with Gasteiger partial charge in [-0.2, -0.15) is 4.31 Å². The molecule has 0 aromatic heterocycles. The van der Waals surface area contributed by atoms with Crippen LogP contribution in [0.1, 0.15) is 24.1 Å². The fraction of sp³-hybridized carbons (Fsp3) is 0.333. The third-order valence-electron chi connectivity index (χ3n) is 4.48. The van der Waals surface area contributed by atoms with E-state index in [0.717, 1.165) is 11.1 Å². The molecule has 2 aromatic carbocycles. The highest BCUT2D eigenvalue weighted by atomic mass is 32.2. The molecular weight excluding hydrogens is 326 g/mol. The van der Waals surface area contributed by atoms with Crippen molar-refractivity contribution < 1.29 is 17.9 Å². The minimum Gasteiger partial charge on any atom is -0.493 e. The summed E-state index contributed by atoms with van der Waals surface area (Å²) in [4.78, 5) is 0.320. The molecule has 128 valence electrons. The van der Waals surface area contributed by atoms with Crippen molar-refractivity contribution in [1.29, 1.82) is 0 Å². The maximum Gasteiger partial charge on any atom is 0.243 e. The van der Waals surface area contributed by atoms with Crippen LogP contribution in [-0.4, -0.2) is 33.5 Å². The third kappa shape index (κ3) is 2.76. The molecule has 1 heterocycles. The Morgan fingerprint density at radius 1 is 1.04 bits per heavy atom. The van der Waals surface area contributed by atoms with E-state index < -0.39 is 10.0 Å². The van der Waals surface area contributed by atoms with E-state index in [1.165, 1.54) is 0 Å². The van der Waals surface area contributed by atoms with Crippen molar-refractivity contribution in [2.75, 3.05) is 20.8 Å². The Morgan fingerprint density at radius 3 is 2.29 bits per heavy atom. The van der Waals surface area contributed by atoms with E-state index in [1.807, 2.05) is 25.1 Å². The molecule has 0 bridgehead atoms. The molecule has 24 heavy (non-hydrogen) atoms. The van der Waals surface area contributed by atoms with Gasteiger partial charge >= 0.3 is 0 Å². The Kier molecular flexibility index (Phi) is 4.51. The summed E-state index contributed by atoms with van der Waals surface area (Å²) in [5.74, 6) is 1.28. The number of nitrogens with zero attached hydrogens (tertiary/aromatic N) is 1. The van der Waals surface area contributed by atoms with E-state index in [-0.39, 0.29) is 6.04 Å². The van der Waals surface area contributed by atoms with Gasteiger partial charge in [0.1, 0.15) is 0 Å². The number of fused-ring (bicyclic) bond motifs is 1. The molecule has 0 saturated heterocycles. The van der Waals surface area contributed by atoms with Gasteiger partial charge in [-0.25, -0.2) is 8.42 Å². The molecule has 5 nitrogen and oxygen atoms in total. The number of rotatable bonds is 4. The van der Waals surface area contributed by atoms with E-state index in [4.69, 9.17) is 9.47 Å². The number of hydrogen-bond acceptors (Lipinski definition) is 4. The zero-order valence-electron chi connectivity index (χ0n) is 14.0. The van der Waals surface area contributed by atoms with Crippen molar-refractivity contribution in [3.8, 4) is 11.5 Å². The number of ether oxygens (including phenoxy) is 2. The van der Waals surface area contributed by atoms with Crippen LogP contribution in [0.15, 0.2) is 47.4 Å². The van der Waals surface area contributed by atoms with Crippen LogP contribution in [0.5, 0.6) is 11.5 Å². The lowest BCUT2D eigenvalue weighted by Gasteiger charge is -2.34. The van der Waals surface area contributed by atoms with Crippen molar-refractivity contribution in [1.82, 2.24) is 4.31 Å². The number of methoxy groups -OCH3 is 2. The second-order valence-electron chi connectivity index (χ2n) is 5.76. The molecule has 0 amide bonds. The van der Waals surface area contributed by atoms with E-state index in [1.54, 1.807) is 42.8 Å². The van der Waals surface area contributed by atoms with Gasteiger partial charge in [0, 0.05) is 12.6 Å². The van der Waals surface area contributed by atoms with Crippen LogP contribution in [0.2, 0.25) is 0 Å². The van der Waals surface area contributed by atoms with E-state index in [2.05, 4.69) is 0 Å². The first-order chi connectivity index (χ1) is 11.5. The molecule has 2 aromatic rings. The summed E-state index contributed by atoms with van der Waals surface area (Å²) in [6.07, 6.45) is 0.645. The van der Waals surface area contributed by atoms with Gasteiger partial charge in [-0.1, -0.05) is 18.2 Å². The molecule has 3 rings (SSSR count). The van der Waals surface area contributed by atoms with Crippen LogP contribution < -0.4 is 9.47 Å². The number of hydrogen-bond donors (Lipinski definition) is 0. The predicted octanol–water partition coefficient (Wildman–Crippen LogP) is 3.01. The minimum atomic E-state index is -3.53. The van der Waals surface area contributed by atoms with Crippen LogP contribution in [0, 0.1) is 0 Å². The summed E-state index contributed by atoms with van der Waals surface area (Å²) in [5.41, 5.74) is 2.05. The summed E-state index contributed by atoms with van der Waals surface area (Å²) in [5, 5.41) is 0. The second-order valence-corrected chi connectivity index (χ2v) is 7.65.